The van der Waals surface area contributed by atoms with E-state index in [9.17, 15) is 4.79 Å². The van der Waals surface area contributed by atoms with Gasteiger partial charge in [0, 0.05) is 14.8 Å². The Balaban J connectivity index is 2.10. The maximum atomic E-state index is 12.5. The monoisotopic (exact) mass is 555 g/mol. The fourth-order valence-electron chi connectivity index (χ4n) is 2.18. The Labute approximate surface area is 192 Å². The van der Waals surface area contributed by atoms with Crippen LogP contribution in [0.4, 0.5) is 5.69 Å². The SMILES string of the molecule is Cc1ccc(C)c(NC(=S)N[C@@H](NC(=O)c2ccc(I)cc2)C(Cl)(Cl)Cl)c1. The van der Waals surface area contributed by atoms with Gasteiger partial charge in [0.1, 0.15) is 6.17 Å². The summed E-state index contributed by atoms with van der Waals surface area (Å²) in [5.41, 5.74) is 3.37. The highest BCUT2D eigenvalue weighted by Crippen LogP contribution is 2.29. The summed E-state index contributed by atoms with van der Waals surface area (Å²) in [5, 5.41) is 8.81. The van der Waals surface area contributed by atoms with Crippen molar-refractivity contribution in [1.29, 1.82) is 0 Å². The Kier molecular flexibility index (Phi) is 8.00. The number of benzene rings is 2. The lowest BCUT2D eigenvalue weighted by molar-refractivity contribution is 0.0934. The molecule has 0 fully saturated rings. The molecule has 0 unspecified atom stereocenters. The molecule has 0 aliphatic rings. The number of hydrogen-bond donors (Lipinski definition) is 3. The number of alkyl halides is 3. The number of halogens is 4. The van der Waals surface area contributed by atoms with Gasteiger partial charge in [-0.25, -0.2) is 0 Å². The summed E-state index contributed by atoms with van der Waals surface area (Å²) in [6.07, 6.45) is -1.03. The van der Waals surface area contributed by atoms with E-state index in [-0.39, 0.29) is 11.0 Å². The zero-order chi connectivity index (χ0) is 20.2. The minimum Gasteiger partial charge on any atom is -0.339 e. The van der Waals surface area contributed by atoms with Crippen LogP contribution < -0.4 is 16.0 Å². The number of rotatable bonds is 4. The number of carbonyl (C=O) groups is 1. The molecular formula is C18H17Cl3IN3OS. The first kappa shape index (κ1) is 22.5. The van der Waals surface area contributed by atoms with Crippen LogP contribution in [0.15, 0.2) is 42.5 Å². The first-order chi connectivity index (χ1) is 12.6. The Morgan fingerprint density at radius 1 is 1.07 bits per heavy atom. The third-order valence-corrected chi connectivity index (χ3v) is 5.22. The van der Waals surface area contributed by atoms with Crippen LogP contribution >= 0.6 is 69.6 Å². The van der Waals surface area contributed by atoms with Crippen LogP contribution in [0.2, 0.25) is 0 Å². The fourth-order valence-corrected chi connectivity index (χ4v) is 3.09. The minimum atomic E-state index is -1.81. The first-order valence-corrected chi connectivity index (χ1v) is 10.5. The molecule has 0 aromatic heterocycles. The smallest absolute Gasteiger partial charge is 0.252 e. The predicted molar refractivity (Wildman–Crippen MR) is 126 cm³/mol. The summed E-state index contributed by atoms with van der Waals surface area (Å²) < 4.78 is -0.800. The van der Waals surface area contributed by atoms with Crippen molar-refractivity contribution in [2.45, 2.75) is 23.8 Å². The summed E-state index contributed by atoms with van der Waals surface area (Å²) in [6, 6.07) is 13.0. The van der Waals surface area contributed by atoms with Crippen LogP contribution in [-0.4, -0.2) is 21.0 Å². The van der Waals surface area contributed by atoms with Crippen molar-refractivity contribution in [3.8, 4) is 0 Å². The van der Waals surface area contributed by atoms with E-state index in [0.29, 0.717) is 5.56 Å². The molecule has 4 nitrogen and oxygen atoms in total. The highest BCUT2D eigenvalue weighted by atomic mass is 127. The normalized spacial score (nSPS) is 12.2. The molecule has 2 aromatic rings. The topological polar surface area (TPSA) is 53.2 Å². The van der Waals surface area contributed by atoms with Gasteiger partial charge in [-0.3, -0.25) is 4.79 Å². The molecule has 1 atom stereocenters. The molecule has 2 aromatic carbocycles. The van der Waals surface area contributed by atoms with Crippen molar-refractivity contribution in [1.82, 2.24) is 10.6 Å². The van der Waals surface area contributed by atoms with Gasteiger partial charge in [-0.2, -0.15) is 0 Å². The van der Waals surface area contributed by atoms with Gasteiger partial charge in [0.25, 0.3) is 5.91 Å². The van der Waals surface area contributed by atoms with Crippen LogP contribution in [-0.2, 0) is 0 Å². The number of thiocarbonyl (C=S) groups is 1. The van der Waals surface area contributed by atoms with Crippen molar-refractivity contribution in [3.05, 3.63) is 62.7 Å². The van der Waals surface area contributed by atoms with Crippen LogP contribution in [0.1, 0.15) is 21.5 Å². The summed E-state index contributed by atoms with van der Waals surface area (Å²) in [7, 11) is 0. The predicted octanol–water partition coefficient (Wildman–Crippen LogP) is 5.32. The zero-order valence-corrected chi connectivity index (χ0v) is 19.7. The number of aryl methyl sites for hydroxylation is 2. The molecule has 0 aliphatic heterocycles. The van der Waals surface area contributed by atoms with E-state index in [2.05, 4.69) is 38.5 Å². The average Bonchev–Trinajstić information content (AvgIpc) is 2.57. The van der Waals surface area contributed by atoms with Crippen LogP contribution in [0.3, 0.4) is 0 Å². The van der Waals surface area contributed by atoms with Gasteiger partial charge < -0.3 is 16.0 Å². The number of amides is 1. The molecule has 9 heteroatoms. The van der Waals surface area contributed by atoms with E-state index in [0.717, 1.165) is 20.4 Å². The van der Waals surface area contributed by atoms with E-state index in [1.54, 1.807) is 12.1 Å². The molecule has 1 amide bonds. The fraction of sp³-hybridized carbons (Fsp3) is 0.222. The van der Waals surface area contributed by atoms with E-state index in [1.807, 2.05) is 44.2 Å². The lowest BCUT2D eigenvalue weighted by Gasteiger charge is -2.28. The molecule has 3 N–H and O–H groups in total. The van der Waals surface area contributed by atoms with Crippen LogP contribution in [0, 0.1) is 17.4 Å². The molecule has 0 heterocycles. The molecule has 0 saturated heterocycles. The molecule has 27 heavy (non-hydrogen) atoms. The summed E-state index contributed by atoms with van der Waals surface area (Å²) in [4.78, 5) is 12.5. The molecule has 0 saturated carbocycles. The zero-order valence-electron chi connectivity index (χ0n) is 14.4. The minimum absolute atomic E-state index is 0.225. The third kappa shape index (κ3) is 6.94. The lowest BCUT2D eigenvalue weighted by Crippen LogP contribution is -2.56. The summed E-state index contributed by atoms with van der Waals surface area (Å²) in [5.74, 6) is -0.384. The van der Waals surface area contributed by atoms with Gasteiger partial charge in [-0.1, -0.05) is 46.9 Å². The molecule has 0 spiro atoms. The summed E-state index contributed by atoms with van der Waals surface area (Å²) in [6.45, 7) is 3.93. The maximum absolute atomic E-state index is 12.5. The second-order valence-electron chi connectivity index (χ2n) is 5.87. The molecule has 144 valence electrons. The van der Waals surface area contributed by atoms with Gasteiger partial charge in [0.2, 0.25) is 3.79 Å². The number of carbonyl (C=O) groups excluding carboxylic acids is 1. The first-order valence-electron chi connectivity index (χ1n) is 7.84. The Morgan fingerprint density at radius 3 is 2.30 bits per heavy atom. The van der Waals surface area contributed by atoms with Crippen LogP contribution in [0.25, 0.3) is 0 Å². The Hall–Kier alpha value is -0.800. The largest absolute Gasteiger partial charge is 0.339 e. The molecule has 0 radical (unpaired) electrons. The molecular weight excluding hydrogens is 540 g/mol. The standard InChI is InChI=1S/C18H17Cl3IN3OS/c1-10-3-4-11(2)14(9-10)23-17(27)25-16(18(19,20)21)24-15(26)12-5-7-13(22)8-6-12/h3-9,16H,1-2H3,(H,24,26)(H2,23,25,27)/t16-/m1/s1. The molecule has 0 bridgehead atoms. The van der Waals surface area contributed by atoms with Crippen molar-refractivity contribution >= 4 is 86.3 Å². The van der Waals surface area contributed by atoms with E-state index in [1.165, 1.54) is 0 Å². The van der Waals surface area contributed by atoms with Crippen molar-refractivity contribution in [2.75, 3.05) is 5.32 Å². The summed E-state index contributed by atoms with van der Waals surface area (Å²) >= 11 is 25.6. The second-order valence-corrected chi connectivity index (χ2v) is 9.89. The Bertz CT molecular complexity index is 841. The van der Waals surface area contributed by atoms with E-state index >= 15 is 0 Å². The molecule has 2 rings (SSSR count). The molecule has 0 aliphatic carbocycles. The van der Waals surface area contributed by atoms with Crippen molar-refractivity contribution in [2.24, 2.45) is 0 Å². The highest BCUT2D eigenvalue weighted by Gasteiger charge is 2.35. The quantitative estimate of drug-likeness (QED) is 0.207. The van der Waals surface area contributed by atoms with Crippen LogP contribution in [0.5, 0.6) is 0 Å². The Morgan fingerprint density at radius 2 is 1.70 bits per heavy atom. The second kappa shape index (κ2) is 9.60. The van der Waals surface area contributed by atoms with E-state index in [4.69, 9.17) is 47.0 Å². The van der Waals surface area contributed by atoms with E-state index < -0.39 is 9.96 Å². The van der Waals surface area contributed by atoms with Gasteiger partial charge in [-0.05, 0) is 90.1 Å². The average molecular weight is 557 g/mol. The lowest BCUT2D eigenvalue weighted by atomic mass is 10.1. The van der Waals surface area contributed by atoms with Crippen molar-refractivity contribution in [3.63, 3.8) is 0 Å². The van der Waals surface area contributed by atoms with Gasteiger partial charge in [-0.15, -0.1) is 0 Å². The van der Waals surface area contributed by atoms with Crippen molar-refractivity contribution < 1.29 is 4.79 Å². The number of hydrogen-bond acceptors (Lipinski definition) is 2. The number of anilines is 1. The third-order valence-electron chi connectivity index (χ3n) is 3.63. The number of nitrogens with one attached hydrogen (secondary N) is 3. The van der Waals surface area contributed by atoms with Gasteiger partial charge >= 0.3 is 0 Å². The van der Waals surface area contributed by atoms with Gasteiger partial charge in [0.05, 0.1) is 0 Å². The highest BCUT2D eigenvalue weighted by molar-refractivity contribution is 14.1. The van der Waals surface area contributed by atoms with Gasteiger partial charge in [0.15, 0.2) is 5.11 Å². The maximum Gasteiger partial charge on any atom is 0.252 e.